The standard InChI is InChI=1S/C14H20N2O/c1-4-5-12(15-2)10-6-7-13-11(8-10)9-14(17)16(13)3/h6-8,12,15H,4-5,9H2,1-3H3. The van der Waals surface area contributed by atoms with Crippen molar-refractivity contribution in [2.45, 2.75) is 32.2 Å². The van der Waals surface area contributed by atoms with Crippen LogP contribution in [0.3, 0.4) is 0 Å². The molecule has 1 aliphatic rings. The van der Waals surface area contributed by atoms with Gasteiger partial charge in [0.15, 0.2) is 0 Å². The molecule has 0 radical (unpaired) electrons. The van der Waals surface area contributed by atoms with Crippen LogP contribution in [0.15, 0.2) is 18.2 Å². The van der Waals surface area contributed by atoms with Gasteiger partial charge in [0.05, 0.1) is 6.42 Å². The van der Waals surface area contributed by atoms with Crippen LogP contribution < -0.4 is 10.2 Å². The molecule has 0 saturated heterocycles. The predicted molar refractivity (Wildman–Crippen MR) is 70.3 cm³/mol. The average Bonchev–Trinajstić information content (AvgIpc) is 2.61. The molecule has 0 aromatic heterocycles. The topological polar surface area (TPSA) is 32.3 Å². The highest BCUT2D eigenvalue weighted by Gasteiger charge is 2.24. The molecule has 92 valence electrons. The van der Waals surface area contributed by atoms with Crippen molar-refractivity contribution >= 4 is 11.6 Å². The summed E-state index contributed by atoms with van der Waals surface area (Å²) in [6.07, 6.45) is 2.82. The van der Waals surface area contributed by atoms with Crippen molar-refractivity contribution in [1.29, 1.82) is 0 Å². The Morgan fingerprint density at radius 2 is 2.24 bits per heavy atom. The van der Waals surface area contributed by atoms with E-state index in [-0.39, 0.29) is 5.91 Å². The Morgan fingerprint density at radius 3 is 2.88 bits per heavy atom. The van der Waals surface area contributed by atoms with Gasteiger partial charge in [0, 0.05) is 18.8 Å². The fourth-order valence-electron chi connectivity index (χ4n) is 2.47. The molecule has 1 aromatic rings. The number of hydrogen-bond donors (Lipinski definition) is 1. The monoisotopic (exact) mass is 232 g/mol. The van der Waals surface area contributed by atoms with E-state index in [9.17, 15) is 4.79 Å². The third-order valence-corrected chi connectivity index (χ3v) is 3.51. The Balaban J connectivity index is 2.29. The molecule has 0 fully saturated rings. The molecule has 1 atom stereocenters. The van der Waals surface area contributed by atoms with Crippen LogP contribution in [0.1, 0.15) is 36.9 Å². The number of carbonyl (C=O) groups excluding carboxylic acids is 1. The molecule has 1 amide bonds. The highest BCUT2D eigenvalue weighted by atomic mass is 16.2. The van der Waals surface area contributed by atoms with E-state index in [2.05, 4.69) is 30.4 Å². The molecule has 0 bridgehead atoms. The van der Waals surface area contributed by atoms with Gasteiger partial charge in [-0.2, -0.15) is 0 Å². The first kappa shape index (κ1) is 12.1. The minimum atomic E-state index is 0.189. The lowest BCUT2D eigenvalue weighted by molar-refractivity contribution is -0.117. The van der Waals surface area contributed by atoms with Crippen LogP contribution in [0.4, 0.5) is 5.69 Å². The van der Waals surface area contributed by atoms with E-state index in [1.165, 1.54) is 5.56 Å². The predicted octanol–water partition coefficient (Wildman–Crippen LogP) is 2.27. The lowest BCUT2D eigenvalue weighted by atomic mass is 9.99. The van der Waals surface area contributed by atoms with E-state index in [0.717, 1.165) is 24.1 Å². The summed E-state index contributed by atoms with van der Waals surface area (Å²) >= 11 is 0. The van der Waals surface area contributed by atoms with Gasteiger partial charge in [0.25, 0.3) is 0 Å². The first-order valence-electron chi connectivity index (χ1n) is 6.24. The second kappa shape index (κ2) is 4.88. The number of amides is 1. The maximum absolute atomic E-state index is 11.6. The zero-order valence-corrected chi connectivity index (χ0v) is 10.8. The Morgan fingerprint density at radius 1 is 1.47 bits per heavy atom. The summed E-state index contributed by atoms with van der Waals surface area (Å²) in [4.78, 5) is 13.4. The van der Waals surface area contributed by atoms with Crippen molar-refractivity contribution in [2.75, 3.05) is 19.0 Å². The second-order valence-corrected chi connectivity index (χ2v) is 4.65. The van der Waals surface area contributed by atoms with E-state index in [0.29, 0.717) is 12.5 Å². The van der Waals surface area contributed by atoms with E-state index < -0.39 is 0 Å². The second-order valence-electron chi connectivity index (χ2n) is 4.65. The Kier molecular flexibility index (Phi) is 3.48. The summed E-state index contributed by atoms with van der Waals surface area (Å²) in [5.41, 5.74) is 3.51. The molecule has 1 unspecified atom stereocenters. The number of carbonyl (C=O) groups is 1. The lowest BCUT2D eigenvalue weighted by Crippen LogP contribution is -2.20. The first-order chi connectivity index (χ1) is 8.17. The van der Waals surface area contributed by atoms with Crippen LogP contribution in [0.2, 0.25) is 0 Å². The van der Waals surface area contributed by atoms with Crippen molar-refractivity contribution in [1.82, 2.24) is 5.32 Å². The highest BCUT2D eigenvalue weighted by molar-refractivity contribution is 6.00. The zero-order chi connectivity index (χ0) is 12.4. The van der Waals surface area contributed by atoms with Crippen molar-refractivity contribution in [2.24, 2.45) is 0 Å². The number of nitrogens with zero attached hydrogens (tertiary/aromatic N) is 1. The van der Waals surface area contributed by atoms with Gasteiger partial charge in [-0.15, -0.1) is 0 Å². The average molecular weight is 232 g/mol. The smallest absolute Gasteiger partial charge is 0.231 e. The van der Waals surface area contributed by atoms with Gasteiger partial charge in [0.2, 0.25) is 5.91 Å². The van der Waals surface area contributed by atoms with Crippen molar-refractivity contribution in [3.05, 3.63) is 29.3 Å². The third-order valence-electron chi connectivity index (χ3n) is 3.51. The minimum absolute atomic E-state index is 0.189. The Hall–Kier alpha value is -1.35. The van der Waals surface area contributed by atoms with Gasteiger partial charge >= 0.3 is 0 Å². The van der Waals surface area contributed by atoms with Crippen LogP contribution in [-0.4, -0.2) is 20.0 Å². The number of benzene rings is 1. The molecule has 0 aliphatic carbocycles. The largest absolute Gasteiger partial charge is 0.315 e. The molecular formula is C14H20N2O. The summed E-state index contributed by atoms with van der Waals surface area (Å²) in [7, 11) is 3.83. The van der Waals surface area contributed by atoms with E-state index >= 15 is 0 Å². The van der Waals surface area contributed by atoms with Crippen LogP contribution in [0, 0.1) is 0 Å². The molecule has 0 saturated carbocycles. The van der Waals surface area contributed by atoms with Crippen molar-refractivity contribution in [3.8, 4) is 0 Å². The molecule has 0 spiro atoms. The van der Waals surface area contributed by atoms with Crippen LogP contribution in [0.25, 0.3) is 0 Å². The molecule has 1 aromatic carbocycles. The molecule has 3 nitrogen and oxygen atoms in total. The van der Waals surface area contributed by atoms with Gasteiger partial charge in [-0.3, -0.25) is 4.79 Å². The van der Waals surface area contributed by atoms with E-state index in [1.807, 2.05) is 14.1 Å². The van der Waals surface area contributed by atoms with Crippen LogP contribution in [0.5, 0.6) is 0 Å². The normalized spacial score (nSPS) is 16.2. The molecule has 17 heavy (non-hydrogen) atoms. The molecule has 1 heterocycles. The summed E-state index contributed by atoms with van der Waals surface area (Å²) in [6.45, 7) is 2.19. The SMILES string of the molecule is CCCC(NC)c1ccc2c(c1)CC(=O)N2C. The summed E-state index contributed by atoms with van der Waals surface area (Å²) < 4.78 is 0. The number of hydrogen-bond acceptors (Lipinski definition) is 2. The third kappa shape index (κ3) is 2.20. The van der Waals surface area contributed by atoms with Crippen molar-refractivity contribution < 1.29 is 4.79 Å². The zero-order valence-electron chi connectivity index (χ0n) is 10.8. The number of fused-ring (bicyclic) bond motifs is 1. The van der Waals surface area contributed by atoms with Gasteiger partial charge < -0.3 is 10.2 Å². The van der Waals surface area contributed by atoms with E-state index in [4.69, 9.17) is 0 Å². The summed E-state index contributed by atoms with van der Waals surface area (Å²) in [5, 5.41) is 3.33. The maximum atomic E-state index is 11.6. The number of anilines is 1. The fraction of sp³-hybridized carbons (Fsp3) is 0.500. The molecule has 3 heteroatoms. The molecule has 1 aliphatic heterocycles. The van der Waals surface area contributed by atoms with Crippen LogP contribution >= 0.6 is 0 Å². The minimum Gasteiger partial charge on any atom is -0.315 e. The molecular weight excluding hydrogens is 212 g/mol. The van der Waals surface area contributed by atoms with Crippen LogP contribution in [-0.2, 0) is 11.2 Å². The van der Waals surface area contributed by atoms with Crippen molar-refractivity contribution in [3.63, 3.8) is 0 Å². The van der Waals surface area contributed by atoms with Gasteiger partial charge in [-0.25, -0.2) is 0 Å². The van der Waals surface area contributed by atoms with Gasteiger partial charge in [-0.05, 0) is 30.7 Å². The quantitative estimate of drug-likeness (QED) is 0.863. The molecule has 1 N–H and O–H groups in total. The summed E-state index contributed by atoms with van der Waals surface area (Å²) in [5.74, 6) is 0.189. The number of likely N-dealkylation sites (N-methyl/N-ethyl adjacent to an activating group) is 1. The van der Waals surface area contributed by atoms with Gasteiger partial charge in [0.1, 0.15) is 0 Å². The Labute approximate surface area is 103 Å². The lowest BCUT2D eigenvalue weighted by Gasteiger charge is -2.17. The number of rotatable bonds is 4. The Bertz CT molecular complexity index is 428. The molecule has 2 rings (SSSR count). The highest BCUT2D eigenvalue weighted by Crippen LogP contribution is 2.30. The van der Waals surface area contributed by atoms with Gasteiger partial charge in [-0.1, -0.05) is 25.5 Å². The first-order valence-corrected chi connectivity index (χ1v) is 6.24. The summed E-state index contributed by atoms with van der Waals surface area (Å²) in [6, 6.07) is 6.76. The number of nitrogens with one attached hydrogen (secondary N) is 1. The fourth-order valence-corrected chi connectivity index (χ4v) is 2.47. The maximum Gasteiger partial charge on any atom is 0.231 e. The van der Waals surface area contributed by atoms with E-state index in [1.54, 1.807) is 4.90 Å².